The van der Waals surface area contributed by atoms with Gasteiger partial charge in [0.05, 0.1) is 22.7 Å². The van der Waals surface area contributed by atoms with E-state index < -0.39 is 0 Å². The average Bonchev–Trinajstić information content (AvgIpc) is 2.85. The summed E-state index contributed by atoms with van der Waals surface area (Å²) in [6.07, 6.45) is 0. The molecule has 0 saturated carbocycles. The third kappa shape index (κ3) is 2.17. The normalized spacial score (nSPS) is 10.8. The zero-order valence-electron chi connectivity index (χ0n) is 10.5. The van der Waals surface area contributed by atoms with E-state index in [4.69, 9.17) is 16.3 Å². The van der Waals surface area contributed by atoms with Crippen LogP contribution >= 0.6 is 11.6 Å². The lowest BCUT2D eigenvalue weighted by molar-refractivity contribution is 0.341. The second-order valence-corrected chi connectivity index (χ2v) is 4.56. The highest BCUT2D eigenvalue weighted by Crippen LogP contribution is 2.31. The fourth-order valence-corrected chi connectivity index (χ4v) is 2.29. The predicted octanol–water partition coefficient (Wildman–Crippen LogP) is 4.28. The van der Waals surface area contributed by atoms with Crippen LogP contribution in [-0.2, 0) is 0 Å². The van der Waals surface area contributed by atoms with Crippen molar-refractivity contribution in [3.63, 3.8) is 0 Å². The van der Waals surface area contributed by atoms with Crippen LogP contribution in [0.2, 0.25) is 5.02 Å². The number of imidazole rings is 1. The highest BCUT2D eigenvalue weighted by atomic mass is 35.5. The summed E-state index contributed by atoms with van der Waals surface area (Å²) in [5, 5.41) is 0.647. The van der Waals surface area contributed by atoms with Crippen molar-refractivity contribution in [3.8, 4) is 17.1 Å². The summed E-state index contributed by atoms with van der Waals surface area (Å²) in [6.45, 7) is 2.59. The van der Waals surface area contributed by atoms with Crippen molar-refractivity contribution in [1.29, 1.82) is 0 Å². The summed E-state index contributed by atoms with van der Waals surface area (Å²) in [5.41, 5.74) is 2.65. The number of aromatic nitrogens is 2. The number of hydrogen-bond donors (Lipinski definition) is 1. The minimum Gasteiger partial charge on any atom is -0.493 e. The van der Waals surface area contributed by atoms with Crippen LogP contribution < -0.4 is 4.74 Å². The van der Waals surface area contributed by atoms with Crippen molar-refractivity contribution in [3.05, 3.63) is 47.5 Å². The molecule has 0 saturated heterocycles. The van der Waals surface area contributed by atoms with Crippen molar-refractivity contribution >= 4 is 22.6 Å². The maximum absolute atomic E-state index is 6.15. The van der Waals surface area contributed by atoms with E-state index in [-0.39, 0.29) is 0 Å². The molecule has 0 fully saturated rings. The van der Waals surface area contributed by atoms with Crippen molar-refractivity contribution in [2.75, 3.05) is 6.61 Å². The summed E-state index contributed by atoms with van der Waals surface area (Å²) in [4.78, 5) is 7.83. The second-order valence-electron chi connectivity index (χ2n) is 4.15. The number of fused-ring (bicyclic) bond motifs is 1. The lowest BCUT2D eigenvalue weighted by Crippen LogP contribution is -1.94. The van der Waals surface area contributed by atoms with Gasteiger partial charge in [-0.1, -0.05) is 29.8 Å². The summed E-state index contributed by atoms with van der Waals surface area (Å²) in [5.74, 6) is 1.59. The number of nitrogens with one attached hydrogen (secondary N) is 1. The molecule has 1 aromatic heterocycles. The molecule has 2 aromatic carbocycles. The molecule has 3 aromatic rings. The monoisotopic (exact) mass is 272 g/mol. The fourth-order valence-electron chi connectivity index (χ4n) is 2.07. The first kappa shape index (κ1) is 12.1. The van der Waals surface area contributed by atoms with E-state index in [1.807, 2.05) is 49.4 Å². The molecule has 4 heteroatoms. The molecular weight excluding hydrogens is 260 g/mol. The highest BCUT2D eigenvalue weighted by molar-refractivity contribution is 6.35. The number of nitrogens with zero attached hydrogens (tertiary/aromatic N) is 1. The number of H-pyrrole nitrogens is 1. The van der Waals surface area contributed by atoms with Crippen LogP contribution in [0.25, 0.3) is 22.4 Å². The highest BCUT2D eigenvalue weighted by Gasteiger charge is 2.11. The van der Waals surface area contributed by atoms with Crippen LogP contribution in [0.15, 0.2) is 42.5 Å². The van der Waals surface area contributed by atoms with Crippen LogP contribution in [0.4, 0.5) is 0 Å². The van der Waals surface area contributed by atoms with E-state index >= 15 is 0 Å². The molecular formula is C15H13ClN2O. The lowest BCUT2D eigenvalue weighted by Gasteiger charge is -2.07. The van der Waals surface area contributed by atoms with E-state index in [0.717, 1.165) is 28.2 Å². The smallest absolute Gasteiger partial charge is 0.142 e. The van der Waals surface area contributed by atoms with Crippen molar-refractivity contribution in [2.45, 2.75) is 6.92 Å². The van der Waals surface area contributed by atoms with Crippen LogP contribution in [-0.4, -0.2) is 16.6 Å². The third-order valence-corrected chi connectivity index (χ3v) is 3.21. The van der Waals surface area contributed by atoms with E-state index in [9.17, 15) is 0 Å². The first-order valence-corrected chi connectivity index (χ1v) is 6.54. The Morgan fingerprint density at radius 2 is 2.00 bits per heavy atom. The minimum atomic E-state index is 0.623. The maximum Gasteiger partial charge on any atom is 0.142 e. The molecule has 1 N–H and O–H groups in total. The number of aromatic amines is 1. The number of benzene rings is 2. The van der Waals surface area contributed by atoms with Crippen LogP contribution in [0.1, 0.15) is 6.92 Å². The molecule has 0 aliphatic heterocycles. The van der Waals surface area contributed by atoms with Gasteiger partial charge in [-0.25, -0.2) is 4.98 Å². The van der Waals surface area contributed by atoms with E-state index in [2.05, 4.69) is 9.97 Å². The topological polar surface area (TPSA) is 37.9 Å². The van der Waals surface area contributed by atoms with Gasteiger partial charge in [-0.15, -0.1) is 0 Å². The number of rotatable bonds is 3. The summed E-state index contributed by atoms with van der Waals surface area (Å²) in [7, 11) is 0. The Morgan fingerprint density at radius 1 is 1.16 bits per heavy atom. The van der Waals surface area contributed by atoms with Crippen LogP contribution in [0, 0.1) is 0 Å². The Labute approximate surface area is 116 Å². The first-order valence-electron chi connectivity index (χ1n) is 6.16. The van der Waals surface area contributed by atoms with Gasteiger partial charge in [0.15, 0.2) is 0 Å². The SMILES string of the molecule is CCOc1ccccc1-c1nc2c(Cl)cccc2[nH]1. The molecule has 0 aliphatic carbocycles. The van der Waals surface area contributed by atoms with Gasteiger partial charge in [0, 0.05) is 0 Å². The molecule has 0 unspecified atom stereocenters. The van der Waals surface area contributed by atoms with Gasteiger partial charge in [0.25, 0.3) is 0 Å². The third-order valence-electron chi connectivity index (χ3n) is 2.91. The average molecular weight is 273 g/mol. The van der Waals surface area contributed by atoms with Crippen molar-refractivity contribution < 1.29 is 4.74 Å². The Morgan fingerprint density at radius 3 is 2.79 bits per heavy atom. The Balaban J connectivity index is 2.17. The molecule has 96 valence electrons. The second kappa shape index (κ2) is 4.94. The van der Waals surface area contributed by atoms with Gasteiger partial charge in [-0.3, -0.25) is 0 Å². The van der Waals surface area contributed by atoms with Crippen molar-refractivity contribution in [1.82, 2.24) is 9.97 Å². The number of para-hydroxylation sites is 2. The predicted molar refractivity (Wildman–Crippen MR) is 77.7 cm³/mol. The first-order chi connectivity index (χ1) is 9.29. The molecule has 3 rings (SSSR count). The Bertz CT molecular complexity index is 721. The molecule has 0 atom stereocenters. The molecule has 0 bridgehead atoms. The minimum absolute atomic E-state index is 0.623. The van der Waals surface area contributed by atoms with Gasteiger partial charge >= 0.3 is 0 Å². The maximum atomic E-state index is 6.15. The van der Waals surface area contributed by atoms with Gasteiger partial charge in [-0.05, 0) is 31.2 Å². The largest absolute Gasteiger partial charge is 0.493 e. The van der Waals surface area contributed by atoms with Gasteiger partial charge in [-0.2, -0.15) is 0 Å². The number of ether oxygens (including phenoxy) is 1. The fraction of sp³-hybridized carbons (Fsp3) is 0.133. The lowest BCUT2D eigenvalue weighted by atomic mass is 10.2. The standard InChI is InChI=1S/C15H13ClN2O/c1-2-19-13-9-4-3-6-10(13)15-17-12-8-5-7-11(16)14(12)18-15/h3-9H,2H2,1H3,(H,17,18). The summed E-state index contributed by atoms with van der Waals surface area (Å²) >= 11 is 6.15. The summed E-state index contributed by atoms with van der Waals surface area (Å²) < 4.78 is 5.62. The number of halogens is 1. The van der Waals surface area contributed by atoms with Crippen molar-refractivity contribution in [2.24, 2.45) is 0 Å². The van der Waals surface area contributed by atoms with E-state index in [1.54, 1.807) is 0 Å². The molecule has 0 amide bonds. The molecule has 0 aliphatic rings. The quantitative estimate of drug-likeness (QED) is 0.773. The summed E-state index contributed by atoms with van der Waals surface area (Å²) in [6, 6.07) is 13.5. The Kier molecular flexibility index (Phi) is 3.13. The molecule has 0 radical (unpaired) electrons. The van der Waals surface area contributed by atoms with E-state index in [0.29, 0.717) is 11.6 Å². The van der Waals surface area contributed by atoms with E-state index in [1.165, 1.54) is 0 Å². The number of hydrogen-bond acceptors (Lipinski definition) is 2. The molecule has 3 nitrogen and oxygen atoms in total. The van der Waals surface area contributed by atoms with Gasteiger partial charge in [0.1, 0.15) is 17.1 Å². The molecule has 0 spiro atoms. The van der Waals surface area contributed by atoms with Gasteiger partial charge < -0.3 is 9.72 Å². The van der Waals surface area contributed by atoms with Crippen LogP contribution in [0.3, 0.4) is 0 Å². The zero-order valence-corrected chi connectivity index (χ0v) is 11.2. The zero-order chi connectivity index (χ0) is 13.2. The Hall–Kier alpha value is -2.00. The van der Waals surface area contributed by atoms with Gasteiger partial charge in [0.2, 0.25) is 0 Å². The molecule has 1 heterocycles. The van der Waals surface area contributed by atoms with Crippen LogP contribution in [0.5, 0.6) is 5.75 Å². The molecule has 19 heavy (non-hydrogen) atoms.